The quantitative estimate of drug-likeness (QED) is 0.930. The molecule has 2 atom stereocenters. The maximum absolute atomic E-state index is 13.0. The van der Waals surface area contributed by atoms with Crippen LogP contribution in [0.5, 0.6) is 0 Å². The zero-order valence-corrected chi connectivity index (χ0v) is 15.3. The molecule has 0 aromatic carbocycles. The fraction of sp³-hybridized carbons (Fsp3) is 0.500. The number of aryl methyl sites for hydroxylation is 1. The summed E-state index contributed by atoms with van der Waals surface area (Å²) >= 11 is 0. The van der Waals surface area contributed by atoms with Crippen LogP contribution in [0.4, 0.5) is 0 Å². The molecule has 1 amide bonds. The molecule has 0 radical (unpaired) electrons. The molecule has 134 valence electrons. The van der Waals surface area contributed by atoms with Crippen molar-refractivity contribution in [3.63, 3.8) is 0 Å². The summed E-state index contributed by atoms with van der Waals surface area (Å²) in [5, 5.41) is 9.87. The van der Waals surface area contributed by atoms with Gasteiger partial charge in [0, 0.05) is 36.6 Å². The number of aliphatic hydroxyl groups is 1. The first kappa shape index (κ1) is 17.7. The van der Waals surface area contributed by atoms with Gasteiger partial charge in [-0.1, -0.05) is 6.07 Å². The molecular weight excluding hydrogens is 314 g/mol. The van der Waals surface area contributed by atoms with E-state index in [1.807, 2.05) is 49.9 Å². The van der Waals surface area contributed by atoms with E-state index in [0.29, 0.717) is 13.1 Å². The first-order valence-electron chi connectivity index (χ1n) is 9.01. The minimum absolute atomic E-state index is 0.0747. The number of aliphatic hydroxyl groups excluding tert-OH is 1. The number of nitrogens with zero attached hydrogens (tertiary/aromatic N) is 3. The molecule has 3 heterocycles. The van der Waals surface area contributed by atoms with Crippen molar-refractivity contribution in [3.05, 3.63) is 53.1 Å². The molecule has 25 heavy (non-hydrogen) atoms. The minimum Gasteiger partial charge on any atom is -0.393 e. The second kappa shape index (κ2) is 7.40. The van der Waals surface area contributed by atoms with Crippen LogP contribution >= 0.6 is 0 Å². The van der Waals surface area contributed by atoms with Crippen LogP contribution in [-0.2, 0) is 6.54 Å². The van der Waals surface area contributed by atoms with E-state index in [9.17, 15) is 9.90 Å². The fourth-order valence-electron chi connectivity index (χ4n) is 3.67. The number of aromatic nitrogens is 2. The Balaban J connectivity index is 1.81. The maximum Gasteiger partial charge on any atom is 0.255 e. The highest BCUT2D eigenvalue weighted by atomic mass is 16.3. The summed E-state index contributed by atoms with van der Waals surface area (Å²) in [6.45, 7) is 7.92. The van der Waals surface area contributed by atoms with Crippen molar-refractivity contribution in [1.29, 1.82) is 0 Å². The molecule has 2 aromatic rings. The Labute approximate surface area is 149 Å². The lowest BCUT2D eigenvalue weighted by Crippen LogP contribution is -2.43. The number of carbonyl (C=O) groups excluding carboxylic acids is 1. The van der Waals surface area contributed by atoms with Crippen LogP contribution in [-0.4, -0.2) is 44.7 Å². The van der Waals surface area contributed by atoms with Crippen molar-refractivity contribution < 1.29 is 9.90 Å². The molecule has 3 rings (SSSR count). The predicted molar refractivity (Wildman–Crippen MR) is 97.6 cm³/mol. The van der Waals surface area contributed by atoms with E-state index < -0.39 is 0 Å². The molecule has 1 saturated heterocycles. The van der Waals surface area contributed by atoms with Crippen molar-refractivity contribution in [2.45, 2.75) is 46.3 Å². The molecule has 0 saturated carbocycles. The van der Waals surface area contributed by atoms with E-state index in [0.717, 1.165) is 42.0 Å². The van der Waals surface area contributed by atoms with Gasteiger partial charge >= 0.3 is 0 Å². The van der Waals surface area contributed by atoms with Gasteiger partial charge in [-0.3, -0.25) is 9.78 Å². The largest absolute Gasteiger partial charge is 0.393 e. The number of carbonyl (C=O) groups is 1. The molecule has 2 aromatic heterocycles. The van der Waals surface area contributed by atoms with Gasteiger partial charge in [-0.25, -0.2) is 0 Å². The molecule has 1 aliphatic heterocycles. The third-order valence-corrected chi connectivity index (χ3v) is 5.28. The number of amides is 1. The SMILES string of the molecule is Cc1cc(C(=O)N2CCCC(C(C)O)C2)c(C)n1Cc1ccccn1. The number of piperidine rings is 1. The first-order chi connectivity index (χ1) is 12.0. The van der Waals surface area contributed by atoms with Gasteiger partial charge in [-0.05, 0) is 51.8 Å². The fourth-order valence-corrected chi connectivity index (χ4v) is 3.67. The number of hydrogen-bond acceptors (Lipinski definition) is 3. The van der Waals surface area contributed by atoms with E-state index in [4.69, 9.17) is 0 Å². The molecular formula is C20H27N3O2. The third-order valence-electron chi connectivity index (χ3n) is 5.28. The lowest BCUT2D eigenvalue weighted by Gasteiger charge is -2.34. The Hall–Kier alpha value is -2.14. The normalized spacial score (nSPS) is 19.0. The second-order valence-corrected chi connectivity index (χ2v) is 7.09. The Bertz CT molecular complexity index is 737. The van der Waals surface area contributed by atoms with Gasteiger partial charge in [0.2, 0.25) is 0 Å². The lowest BCUT2D eigenvalue weighted by atomic mass is 9.93. The lowest BCUT2D eigenvalue weighted by molar-refractivity contribution is 0.0465. The van der Waals surface area contributed by atoms with Crippen molar-refractivity contribution in [3.8, 4) is 0 Å². The van der Waals surface area contributed by atoms with Gasteiger partial charge in [0.25, 0.3) is 5.91 Å². The Morgan fingerprint density at radius 1 is 1.40 bits per heavy atom. The molecule has 1 N–H and O–H groups in total. The van der Waals surface area contributed by atoms with Gasteiger partial charge in [0.1, 0.15) is 0 Å². The third kappa shape index (κ3) is 3.76. The van der Waals surface area contributed by atoms with Gasteiger partial charge in [0.15, 0.2) is 0 Å². The van der Waals surface area contributed by atoms with Crippen LogP contribution in [0.3, 0.4) is 0 Å². The topological polar surface area (TPSA) is 58.4 Å². The minimum atomic E-state index is -0.368. The smallest absolute Gasteiger partial charge is 0.255 e. The summed E-state index contributed by atoms with van der Waals surface area (Å²) in [6.07, 6.45) is 3.36. The number of likely N-dealkylation sites (tertiary alicyclic amines) is 1. The summed E-state index contributed by atoms with van der Waals surface area (Å²) in [5.41, 5.74) is 3.79. The van der Waals surface area contributed by atoms with Gasteiger partial charge in [0.05, 0.1) is 23.9 Å². The number of rotatable bonds is 4. The van der Waals surface area contributed by atoms with Crippen molar-refractivity contribution >= 4 is 5.91 Å². The Morgan fingerprint density at radius 2 is 2.20 bits per heavy atom. The van der Waals surface area contributed by atoms with Crippen LogP contribution in [0, 0.1) is 19.8 Å². The van der Waals surface area contributed by atoms with Crippen molar-refractivity contribution in [1.82, 2.24) is 14.5 Å². The molecule has 5 heteroatoms. The van der Waals surface area contributed by atoms with E-state index in [2.05, 4.69) is 9.55 Å². The number of hydrogen-bond donors (Lipinski definition) is 1. The Morgan fingerprint density at radius 3 is 2.88 bits per heavy atom. The Kier molecular flexibility index (Phi) is 5.23. The van der Waals surface area contributed by atoms with Crippen molar-refractivity contribution in [2.24, 2.45) is 5.92 Å². The molecule has 2 unspecified atom stereocenters. The van der Waals surface area contributed by atoms with Crippen LogP contribution in [0.15, 0.2) is 30.5 Å². The monoisotopic (exact) mass is 341 g/mol. The van der Waals surface area contributed by atoms with E-state index >= 15 is 0 Å². The van der Waals surface area contributed by atoms with Crippen LogP contribution in [0.2, 0.25) is 0 Å². The molecule has 0 aliphatic carbocycles. The zero-order chi connectivity index (χ0) is 18.0. The van der Waals surface area contributed by atoms with Crippen LogP contribution in [0.25, 0.3) is 0 Å². The summed E-state index contributed by atoms with van der Waals surface area (Å²) in [7, 11) is 0. The molecule has 0 spiro atoms. The predicted octanol–water partition coefficient (Wildman–Crippen LogP) is 2.78. The highest BCUT2D eigenvalue weighted by molar-refractivity contribution is 5.95. The average molecular weight is 341 g/mol. The highest BCUT2D eigenvalue weighted by Crippen LogP contribution is 2.24. The number of pyridine rings is 1. The van der Waals surface area contributed by atoms with Crippen molar-refractivity contribution in [2.75, 3.05) is 13.1 Å². The second-order valence-electron chi connectivity index (χ2n) is 7.09. The van der Waals surface area contributed by atoms with Gasteiger partial charge in [-0.2, -0.15) is 0 Å². The zero-order valence-electron chi connectivity index (χ0n) is 15.3. The van der Waals surface area contributed by atoms with Gasteiger partial charge in [-0.15, -0.1) is 0 Å². The van der Waals surface area contributed by atoms with Crippen LogP contribution in [0.1, 0.15) is 47.2 Å². The molecule has 5 nitrogen and oxygen atoms in total. The summed E-state index contributed by atoms with van der Waals surface area (Å²) in [5.74, 6) is 0.250. The van der Waals surface area contributed by atoms with Gasteiger partial charge < -0.3 is 14.6 Å². The first-order valence-corrected chi connectivity index (χ1v) is 9.01. The maximum atomic E-state index is 13.0. The summed E-state index contributed by atoms with van der Waals surface area (Å²) in [6, 6.07) is 7.86. The summed E-state index contributed by atoms with van der Waals surface area (Å²) < 4.78 is 2.14. The molecule has 0 bridgehead atoms. The van der Waals surface area contributed by atoms with E-state index in [-0.39, 0.29) is 17.9 Å². The average Bonchev–Trinajstić information content (AvgIpc) is 2.90. The van der Waals surface area contributed by atoms with E-state index in [1.165, 1.54) is 0 Å². The molecule has 1 aliphatic rings. The highest BCUT2D eigenvalue weighted by Gasteiger charge is 2.28. The standard InChI is InChI=1S/C20H27N3O2/c1-14-11-19(15(2)23(14)13-18-8-4-5-9-21-18)20(25)22-10-6-7-17(12-22)16(3)24/h4-5,8-9,11,16-17,24H,6-7,10,12-13H2,1-3H3. The van der Waals surface area contributed by atoms with Crippen LogP contribution < -0.4 is 0 Å². The molecule has 1 fully saturated rings. The summed E-state index contributed by atoms with van der Waals surface area (Å²) in [4.78, 5) is 19.3. The van der Waals surface area contributed by atoms with E-state index in [1.54, 1.807) is 6.20 Å².